The maximum atomic E-state index is 12.9. The minimum Gasteiger partial charge on any atom is -0.354 e. The molecule has 4 heterocycles. The van der Waals surface area contributed by atoms with Crippen molar-refractivity contribution < 1.29 is 4.79 Å². The van der Waals surface area contributed by atoms with Crippen LogP contribution in [0.1, 0.15) is 32.6 Å². The van der Waals surface area contributed by atoms with E-state index in [4.69, 9.17) is 0 Å². The number of rotatable bonds is 4. The number of piperidine rings is 1. The third kappa shape index (κ3) is 3.80. The quantitative estimate of drug-likeness (QED) is 0.832. The van der Waals surface area contributed by atoms with Crippen LogP contribution < -0.4 is 15.5 Å². The molecule has 26 heavy (non-hydrogen) atoms. The summed E-state index contributed by atoms with van der Waals surface area (Å²) < 4.78 is 0. The minimum atomic E-state index is -0.122. The molecular weight excluding hydrogens is 370 g/mol. The molecular formula is C18H26ClN5OS. The molecule has 0 spiro atoms. The molecule has 2 aromatic heterocycles. The van der Waals surface area contributed by atoms with E-state index < -0.39 is 0 Å². The molecule has 4 rings (SSSR count). The van der Waals surface area contributed by atoms with Crippen molar-refractivity contribution in [2.45, 2.75) is 38.6 Å². The summed E-state index contributed by atoms with van der Waals surface area (Å²) >= 11 is 1.61. The number of nitrogens with zero attached hydrogens (tertiary/aromatic N) is 3. The normalized spacial score (nSPS) is 22.2. The van der Waals surface area contributed by atoms with Gasteiger partial charge in [-0.15, -0.1) is 23.7 Å². The fourth-order valence-corrected chi connectivity index (χ4v) is 4.65. The lowest BCUT2D eigenvalue weighted by atomic mass is 9.81. The number of carbonyl (C=O) groups excluding carboxylic acids is 1. The van der Waals surface area contributed by atoms with Crippen molar-refractivity contribution in [3.8, 4) is 0 Å². The second-order valence-corrected chi connectivity index (χ2v) is 8.36. The van der Waals surface area contributed by atoms with Crippen molar-refractivity contribution >= 4 is 45.7 Å². The molecule has 1 unspecified atom stereocenters. The van der Waals surface area contributed by atoms with Crippen LogP contribution in [0.25, 0.3) is 10.2 Å². The largest absolute Gasteiger partial charge is 0.354 e. The topological polar surface area (TPSA) is 70.2 Å². The molecule has 8 heteroatoms. The third-order valence-corrected chi connectivity index (χ3v) is 6.39. The van der Waals surface area contributed by atoms with E-state index in [9.17, 15) is 4.79 Å². The Morgan fingerprint density at radius 1 is 1.42 bits per heavy atom. The van der Waals surface area contributed by atoms with Crippen LogP contribution in [0.3, 0.4) is 0 Å². The zero-order chi connectivity index (χ0) is 17.3. The van der Waals surface area contributed by atoms with Crippen molar-refractivity contribution in [1.82, 2.24) is 20.6 Å². The first-order chi connectivity index (χ1) is 12.2. The van der Waals surface area contributed by atoms with Gasteiger partial charge in [0.05, 0.1) is 5.39 Å². The Bertz CT molecular complexity index is 761. The van der Waals surface area contributed by atoms with E-state index in [0.717, 1.165) is 67.9 Å². The summed E-state index contributed by atoms with van der Waals surface area (Å²) in [7, 11) is 0. The Hall–Kier alpha value is -1.44. The smallest absolute Gasteiger partial charge is 0.242 e. The van der Waals surface area contributed by atoms with Gasteiger partial charge in [-0.3, -0.25) is 4.79 Å². The van der Waals surface area contributed by atoms with Gasteiger partial charge in [0.15, 0.2) is 0 Å². The van der Waals surface area contributed by atoms with E-state index in [1.54, 1.807) is 17.7 Å². The molecule has 2 saturated heterocycles. The predicted molar refractivity (Wildman–Crippen MR) is 108 cm³/mol. The summed E-state index contributed by atoms with van der Waals surface area (Å²) in [6, 6.07) is 1.93. The molecule has 0 aliphatic carbocycles. The average Bonchev–Trinajstić information content (AvgIpc) is 3.29. The van der Waals surface area contributed by atoms with Crippen LogP contribution in [-0.2, 0) is 4.79 Å². The molecule has 2 aliphatic heterocycles. The van der Waals surface area contributed by atoms with Crippen LogP contribution in [0.5, 0.6) is 0 Å². The molecule has 0 aromatic carbocycles. The van der Waals surface area contributed by atoms with E-state index in [1.807, 2.05) is 5.38 Å². The lowest BCUT2D eigenvalue weighted by Gasteiger charge is -2.35. The summed E-state index contributed by atoms with van der Waals surface area (Å²) in [6.07, 6.45) is 5.75. The molecule has 2 fully saturated rings. The van der Waals surface area contributed by atoms with Crippen molar-refractivity contribution in [3.05, 3.63) is 17.8 Å². The van der Waals surface area contributed by atoms with Gasteiger partial charge in [0.1, 0.15) is 23.0 Å². The Kier molecular flexibility index (Phi) is 5.99. The molecule has 2 aromatic rings. The maximum absolute atomic E-state index is 12.9. The molecule has 0 bridgehead atoms. The Morgan fingerprint density at radius 2 is 2.23 bits per heavy atom. The molecule has 142 valence electrons. The summed E-state index contributed by atoms with van der Waals surface area (Å²) in [5, 5.41) is 9.71. The molecule has 2 N–H and O–H groups in total. The van der Waals surface area contributed by atoms with Gasteiger partial charge >= 0.3 is 0 Å². The third-order valence-electron chi connectivity index (χ3n) is 5.57. The average molecular weight is 396 g/mol. The number of halogens is 1. The Balaban J connectivity index is 0.00000196. The Morgan fingerprint density at radius 3 is 3.04 bits per heavy atom. The first-order valence-corrected chi connectivity index (χ1v) is 9.98. The Labute approximate surface area is 164 Å². The highest BCUT2D eigenvalue weighted by Crippen LogP contribution is 2.32. The first-order valence-electron chi connectivity index (χ1n) is 9.10. The van der Waals surface area contributed by atoms with Crippen molar-refractivity contribution in [3.63, 3.8) is 0 Å². The van der Waals surface area contributed by atoms with E-state index in [1.165, 1.54) is 0 Å². The van der Waals surface area contributed by atoms with Gasteiger partial charge in [0.2, 0.25) is 5.91 Å². The summed E-state index contributed by atoms with van der Waals surface area (Å²) in [6.45, 7) is 5.99. The molecule has 0 saturated carbocycles. The number of hydrogen-bond donors (Lipinski definition) is 2. The minimum absolute atomic E-state index is 0. The van der Waals surface area contributed by atoms with E-state index in [-0.39, 0.29) is 29.8 Å². The van der Waals surface area contributed by atoms with Crippen molar-refractivity contribution in [2.75, 3.05) is 31.1 Å². The van der Waals surface area contributed by atoms with Crippen molar-refractivity contribution in [1.29, 1.82) is 0 Å². The van der Waals surface area contributed by atoms with Crippen LogP contribution in [0.2, 0.25) is 0 Å². The lowest BCUT2D eigenvalue weighted by Crippen LogP contribution is -2.48. The van der Waals surface area contributed by atoms with E-state index in [2.05, 4.69) is 38.5 Å². The van der Waals surface area contributed by atoms with E-state index >= 15 is 0 Å². The van der Waals surface area contributed by atoms with Crippen LogP contribution in [-0.4, -0.2) is 48.1 Å². The number of amides is 1. The summed E-state index contributed by atoms with van der Waals surface area (Å²) in [5.41, 5.74) is 0.208. The van der Waals surface area contributed by atoms with Crippen LogP contribution in [0.15, 0.2) is 17.8 Å². The standard InChI is InChI=1S/C18H25N5OS.ClH/c1-18(5-7-19-8-6-18)11-20-16(24)14-3-2-9-23(14)15-13-4-10-25-17(13)22-12-21-15;/h4,10,12,14,19H,2-3,5-9,11H2,1H3,(H,20,24);1H. The van der Waals surface area contributed by atoms with Crippen LogP contribution in [0, 0.1) is 5.41 Å². The maximum Gasteiger partial charge on any atom is 0.242 e. The van der Waals surface area contributed by atoms with Gasteiger partial charge in [0.25, 0.3) is 0 Å². The van der Waals surface area contributed by atoms with Gasteiger partial charge < -0.3 is 15.5 Å². The summed E-state index contributed by atoms with van der Waals surface area (Å²) in [4.78, 5) is 24.8. The van der Waals surface area contributed by atoms with Crippen LogP contribution in [0.4, 0.5) is 5.82 Å². The fraction of sp³-hybridized carbons (Fsp3) is 0.611. The molecule has 1 atom stereocenters. The number of thiophene rings is 1. The second-order valence-electron chi connectivity index (χ2n) is 7.47. The lowest BCUT2D eigenvalue weighted by molar-refractivity contribution is -0.122. The first kappa shape index (κ1) is 19.3. The van der Waals surface area contributed by atoms with Gasteiger partial charge in [-0.25, -0.2) is 9.97 Å². The monoisotopic (exact) mass is 395 g/mol. The number of nitrogens with one attached hydrogen (secondary N) is 2. The zero-order valence-electron chi connectivity index (χ0n) is 15.0. The second kappa shape index (κ2) is 8.06. The fourth-order valence-electron chi connectivity index (χ4n) is 3.92. The number of hydrogen-bond acceptors (Lipinski definition) is 6. The van der Waals surface area contributed by atoms with Crippen LogP contribution >= 0.6 is 23.7 Å². The van der Waals surface area contributed by atoms with Crippen molar-refractivity contribution in [2.24, 2.45) is 5.41 Å². The zero-order valence-corrected chi connectivity index (χ0v) is 16.7. The molecule has 6 nitrogen and oxygen atoms in total. The van der Waals surface area contributed by atoms with Gasteiger partial charge in [0, 0.05) is 13.1 Å². The summed E-state index contributed by atoms with van der Waals surface area (Å²) in [5.74, 6) is 1.04. The van der Waals surface area contributed by atoms with E-state index in [0.29, 0.717) is 0 Å². The molecule has 1 amide bonds. The van der Waals surface area contributed by atoms with Gasteiger partial charge in [-0.1, -0.05) is 6.92 Å². The predicted octanol–water partition coefficient (Wildman–Crippen LogP) is 2.59. The number of fused-ring (bicyclic) bond motifs is 1. The van der Waals surface area contributed by atoms with Gasteiger partial charge in [-0.05, 0) is 55.6 Å². The SMILES string of the molecule is CC1(CNC(=O)C2CCCN2c2ncnc3sccc23)CCNCC1.Cl. The highest BCUT2D eigenvalue weighted by atomic mass is 35.5. The number of carbonyl (C=O) groups is 1. The molecule has 0 radical (unpaired) electrons. The highest BCUT2D eigenvalue weighted by molar-refractivity contribution is 7.16. The highest BCUT2D eigenvalue weighted by Gasteiger charge is 2.34. The number of anilines is 1. The molecule has 2 aliphatic rings. The number of aromatic nitrogens is 2. The van der Waals surface area contributed by atoms with Gasteiger partial charge in [-0.2, -0.15) is 0 Å².